The Labute approximate surface area is 123 Å². The van der Waals surface area contributed by atoms with Crippen LogP contribution in [-0.4, -0.2) is 21.7 Å². The Morgan fingerprint density at radius 1 is 1.45 bits per heavy atom. The van der Waals surface area contributed by atoms with E-state index in [0.29, 0.717) is 6.42 Å². The molecule has 1 atom stereocenters. The number of rotatable bonds is 5. The van der Waals surface area contributed by atoms with Gasteiger partial charge in [-0.15, -0.1) is 0 Å². The van der Waals surface area contributed by atoms with Crippen molar-refractivity contribution in [3.8, 4) is 0 Å². The van der Waals surface area contributed by atoms with Gasteiger partial charge in [-0.05, 0) is 37.5 Å². The van der Waals surface area contributed by atoms with Crippen molar-refractivity contribution in [2.75, 3.05) is 0 Å². The normalized spacial score (nSPS) is 12.2. The molecule has 0 saturated heterocycles. The van der Waals surface area contributed by atoms with Crippen LogP contribution in [0.5, 0.6) is 0 Å². The van der Waals surface area contributed by atoms with E-state index in [0.717, 1.165) is 16.1 Å². The Morgan fingerprint density at radius 2 is 2.20 bits per heavy atom. The average molecular weight is 292 g/mol. The monoisotopic (exact) mass is 291 g/mol. The zero-order chi connectivity index (χ0) is 14.5. The first-order valence-corrected chi connectivity index (χ1v) is 6.94. The zero-order valence-electron chi connectivity index (χ0n) is 11.6. The number of carbonyl (C=O) groups is 1. The summed E-state index contributed by atoms with van der Waals surface area (Å²) in [4.78, 5) is 11.9. The second-order valence-electron chi connectivity index (χ2n) is 4.98. The lowest BCUT2D eigenvalue weighted by Gasteiger charge is -2.14. The number of carbonyl (C=O) groups excluding carboxylic acids is 1. The van der Waals surface area contributed by atoms with Crippen molar-refractivity contribution in [3.63, 3.8) is 0 Å². The van der Waals surface area contributed by atoms with Crippen molar-refractivity contribution < 1.29 is 4.79 Å². The molecule has 1 aromatic carbocycles. The molecule has 0 saturated carbocycles. The molecule has 1 N–H and O–H groups in total. The molecule has 0 bridgehead atoms. The minimum absolute atomic E-state index is 0.0269. The van der Waals surface area contributed by atoms with Crippen LogP contribution in [0.25, 0.3) is 0 Å². The van der Waals surface area contributed by atoms with Crippen molar-refractivity contribution in [3.05, 3.63) is 52.8 Å². The van der Waals surface area contributed by atoms with E-state index in [9.17, 15) is 4.79 Å². The Kier molecular flexibility index (Phi) is 4.79. The molecule has 1 heterocycles. The first-order valence-electron chi connectivity index (χ1n) is 6.56. The number of aromatic nitrogens is 2. The Balaban J connectivity index is 1.86. The molecule has 0 aliphatic carbocycles. The minimum atomic E-state index is -0.0485. The van der Waals surface area contributed by atoms with Crippen molar-refractivity contribution in [1.29, 1.82) is 0 Å². The van der Waals surface area contributed by atoms with E-state index in [2.05, 4.69) is 10.4 Å². The molecule has 0 spiro atoms. The highest BCUT2D eigenvalue weighted by atomic mass is 35.5. The van der Waals surface area contributed by atoms with Gasteiger partial charge in [0.15, 0.2) is 0 Å². The second-order valence-corrected chi connectivity index (χ2v) is 5.39. The molecule has 20 heavy (non-hydrogen) atoms. The van der Waals surface area contributed by atoms with E-state index in [1.807, 2.05) is 44.3 Å². The van der Waals surface area contributed by atoms with Gasteiger partial charge in [0.25, 0.3) is 0 Å². The molecular formula is C15H18ClN3O. The predicted molar refractivity (Wildman–Crippen MR) is 79.7 cm³/mol. The van der Waals surface area contributed by atoms with E-state index in [1.54, 1.807) is 10.9 Å². The molecule has 0 fully saturated rings. The molecule has 1 aromatic heterocycles. The van der Waals surface area contributed by atoms with Crippen molar-refractivity contribution in [2.24, 2.45) is 0 Å². The van der Waals surface area contributed by atoms with Crippen LogP contribution in [0.4, 0.5) is 0 Å². The summed E-state index contributed by atoms with van der Waals surface area (Å²) in [6.07, 6.45) is 4.29. The summed E-state index contributed by atoms with van der Waals surface area (Å²) >= 11 is 6.11. The standard InChI is InChI=1S/C15H18ClN3O/c1-11-8-17-19(9-11)10-15(20)18-12(2)7-13-5-3-4-6-14(13)16/h3-6,8-9,12H,7,10H2,1-2H3,(H,18,20). The van der Waals surface area contributed by atoms with Crippen molar-refractivity contribution in [1.82, 2.24) is 15.1 Å². The maximum atomic E-state index is 11.9. The Hall–Kier alpha value is -1.81. The number of nitrogens with zero attached hydrogens (tertiary/aromatic N) is 2. The third kappa shape index (κ3) is 4.10. The lowest BCUT2D eigenvalue weighted by Crippen LogP contribution is -2.36. The quantitative estimate of drug-likeness (QED) is 0.920. The molecule has 5 heteroatoms. The van der Waals surface area contributed by atoms with Crippen LogP contribution in [0.1, 0.15) is 18.1 Å². The first-order chi connectivity index (χ1) is 9.54. The molecule has 1 unspecified atom stereocenters. The summed E-state index contributed by atoms with van der Waals surface area (Å²) in [6.45, 7) is 4.15. The van der Waals surface area contributed by atoms with Crippen LogP contribution in [0.2, 0.25) is 5.02 Å². The van der Waals surface area contributed by atoms with Crippen LogP contribution < -0.4 is 5.32 Å². The molecule has 106 valence electrons. The van der Waals surface area contributed by atoms with E-state index in [-0.39, 0.29) is 18.5 Å². The van der Waals surface area contributed by atoms with Crippen molar-refractivity contribution >= 4 is 17.5 Å². The fourth-order valence-electron chi connectivity index (χ4n) is 2.07. The molecule has 0 radical (unpaired) electrons. The second kappa shape index (κ2) is 6.57. The lowest BCUT2D eigenvalue weighted by atomic mass is 10.1. The summed E-state index contributed by atoms with van der Waals surface area (Å²) in [5.74, 6) is -0.0485. The van der Waals surface area contributed by atoms with Gasteiger partial charge in [0.1, 0.15) is 6.54 Å². The molecule has 2 rings (SSSR count). The third-order valence-electron chi connectivity index (χ3n) is 2.96. The van der Waals surface area contributed by atoms with Crippen LogP contribution in [0.15, 0.2) is 36.7 Å². The minimum Gasteiger partial charge on any atom is -0.352 e. The summed E-state index contributed by atoms with van der Waals surface area (Å²) in [6, 6.07) is 7.70. The van der Waals surface area contributed by atoms with Crippen LogP contribution >= 0.6 is 11.6 Å². The van der Waals surface area contributed by atoms with Gasteiger partial charge in [0.05, 0.1) is 6.20 Å². The molecule has 1 amide bonds. The van der Waals surface area contributed by atoms with Gasteiger partial charge in [0, 0.05) is 17.3 Å². The Morgan fingerprint density at radius 3 is 2.85 bits per heavy atom. The van der Waals surface area contributed by atoms with Gasteiger partial charge in [-0.25, -0.2) is 0 Å². The number of hydrogen-bond donors (Lipinski definition) is 1. The topological polar surface area (TPSA) is 46.9 Å². The van der Waals surface area contributed by atoms with Gasteiger partial charge < -0.3 is 5.32 Å². The maximum Gasteiger partial charge on any atom is 0.241 e. The van der Waals surface area contributed by atoms with Gasteiger partial charge in [-0.3, -0.25) is 9.48 Å². The fourth-order valence-corrected chi connectivity index (χ4v) is 2.28. The first kappa shape index (κ1) is 14.6. The molecule has 2 aromatic rings. The highest BCUT2D eigenvalue weighted by Crippen LogP contribution is 2.16. The van der Waals surface area contributed by atoms with E-state index < -0.39 is 0 Å². The van der Waals surface area contributed by atoms with Gasteiger partial charge in [-0.1, -0.05) is 29.8 Å². The molecular weight excluding hydrogens is 274 g/mol. The highest BCUT2D eigenvalue weighted by molar-refractivity contribution is 6.31. The highest BCUT2D eigenvalue weighted by Gasteiger charge is 2.10. The SMILES string of the molecule is Cc1cnn(CC(=O)NC(C)Cc2ccccc2Cl)c1. The molecule has 0 aliphatic heterocycles. The van der Waals surface area contributed by atoms with Crippen molar-refractivity contribution in [2.45, 2.75) is 32.9 Å². The summed E-state index contributed by atoms with van der Waals surface area (Å²) in [7, 11) is 0. The number of amides is 1. The largest absolute Gasteiger partial charge is 0.352 e. The molecule has 4 nitrogen and oxygen atoms in total. The predicted octanol–water partition coefficient (Wildman–Crippen LogP) is 2.59. The number of nitrogens with one attached hydrogen (secondary N) is 1. The van der Waals surface area contributed by atoms with Gasteiger partial charge >= 0.3 is 0 Å². The lowest BCUT2D eigenvalue weighted by molar-refractivity contribution is -0.122. The number of halogens is 1. The fraction of sp³-hybridized carbons (Fsp3) is 0.333. The zero-order valence-corrected chi connectivity index (χ0v) is 12.4. The van der Waals surface area contributed by atoms with Gasteiger partial charge in [-0.2, -0.15) is 5.10 Å². The van der Waals surface area contributed by atoms with E-state index in [4.69, 9.17) is 11.6 Å². The van der Waals surface area contributed by atoms with E-state index in [1.165, 1.54) is 0 Å². The summed E-state index contributed by atoms with van der Waals surface area (Å²) in [5.41, 5.74) is 2.08. The number of aryl methyl sites for hydroxylation is 1. The van der Waals surface area contributed by atoms with Crippen LogP contribution in [-0.2, 0) is 17.8 Å². The molecule has 0 aliphatic rings. The smallest absolute Gasteiger partial charge is 0.241 e. The van der Waals surface area contributed by atoms with Gasteiger partial charge in [0.2, 0.25) is 5.91 Å². The average Bonchev–Trinajstić information content (AvgIpc) is 2.77. The summed E-state index contributed by atoms with van der Waals surface area (Å²) < 4.78 is 1.63. The number of hydrogen-bond acceptors (Lipinski definition) is 2. The van der Waals surface area contributed by atoms with Crippen LogP contribution in [0.3, 0.4) is 0 Å². The maximum absolute atomic E-state index is 11.9. The Bertz CT molecular complexity index is 594. The number of benzene rings is 1. The third-order valence-corrected chi connectivity index (χ3v) is 3.33. The van der Waals surface area contributed by atoms with Crippen LogP contribution in [0, 0.1) is 6.92 Å². The van der Waals surface area contributed by atoms with E-state index >= 15 is 0 Å². The summed E-state index contributed by atoms with van der Waals surface area (Å²) in [5, 5.41) is 7.78.